The molecule has 2 aromatic heterocycles. The van der Waals surface area contributed by atoms with Gasteiger partial charge in [-0.3, -0.25) is 9.67 Å². The zero-order chi connectivity index (χ0) is 21.1. The first-order valence-electron chi connectivity index (χ1n) is 10.2. The molecule has 0 aliphatic heterocycles. The fraction of sp³-hybridized carbons (Fsp3) is 0.364. The molecule has 3 aromatic rings. The van der Waals surface area contributed by atoms with Crippen LogP contribution in [0.1, 0.15) is 36.9 Å². The molecule has 0 fully saturated rings. The van der Waals surface area contributed by atoms with Crippen molar-refractivity contribution in [3.8, 4) is 22.4 Å². The Hall–Kier alpha value is -2.55. The minimum atomic E-state index is -3.26. The Balaban J connectivity index is 1.68. The first-order chi connectivity index (χ1) is 14.5. The Morgan fingerprint density at radius 1 is 1.20 bits per heavy atom. The van der Waals surface area contributed by atoms with Crippen LogP contribution in [0.4, 0.5) is 0 Å². The van der Waals surface area contributed by atoms with Crippen molar-refractivity contribution < 1.29 is 13.5 Å². The number of aryl methyl sites for hydroxylation is 1. The van der Waals surface area contributed by atoms with E-state index in [-0.39, 0.29) is 18.4 Å². The molecule has 158 valence electrons. The lowest BCUT2D eigenvalue weighted by Gasteiger charge is -2.14. The number of rotatable bonds is 8. The Morgan fingerprint density at radius 3 is 2.73 bits per heavy atom. The predicted molar refractivity (Wildman–Crippen MR) is 116 cm³/mol. The number of benzene rings is 1. The maximum absolute atomic E-state index is 12.2. The molecule has 7 nitrogen and oxygen atoms in total. The largest absolute Gasteiger partial charge is 0.394 e. The van der Waals surface area contributed by atoms with E-state index in [1.54, 1.807) is 17.1 Å². The molecule has 30 heavy (non-hydrogen) atoms. The van der Waals surface area contributed by atoms with Gasteiger partial charge in [0.15, 0.2) is 0 Å². The first-order valence-corrected chi connectivity index (χ1v) is 11.9. The van der Waals surface area contributed by atoms with Crippen LogP contribution in [-0.2, 0) is 23.0 Å². The molecular formula is C22H26N4O3S. The number of pyridine rings is 1. The van der Waals surface area contributed by atoms with Crippen LogP contribution < -0.4 is 4.72 Å². The highest BCUT2D eigenvalue weighted by atomic mass is 32.2. The summed E-state index contributed by atoms with van der Waals surface area (Å²) < 4.78 is 29.0. The summed E-state index contributed by atoms with van der Waals surface area (Å²) >= 11 is 0. The molecule has 4 rings (SSSR count). The Labute approximate surface area is 176 Å². The monoisotopic (exact) mass is 426 g/mol. The van der Waals surface area contributed by atoms with E-state index in [0.29, 0.717) is 13.0 Å². The van der Waals surface area contributed by atoms with Crippen molar-refractivity contribution in [1.82, 2.24) is 19.5 Å². The van der Waals surface area contributed by atoms with Crippen LogP contribution in [0, 0.1) is 0 Å². The van der Waals surface area contributed by atoms with E-state index in [4.69, 9.17) is 0 Å². The van der Waals surface area contributed by atoms with E-state index >= 15 is 0 Å². The Bertz CT molecular complexity index is 1130. The van der Waals surface area contributed by atoms with E-state index in [1.807, 2.05) is 37.4 Å². The second-order valence-corrected chi connectivity index (χ2v) is 9.43. The molecule has 1 aliphatic rings. The number of aliphatic hydroxyl groups is 1. The summed E-state index contributed by atoms with van der Waals surface area (Å²) in [6.07, 6.45) is 7.62. The Kier molecular flexibility index (Phi) is 5.99. The number of sulfonamides is 1. The van der Waals surface area contributed by atoms with Crippen molar-refractivity contribution in [2.24, 2.45) is 0 Å². The van der Waals surface area contributed by atoms with Crippen molar-refractivity contribution >= 4 is 10.0 Å². The molecule has 0 amide bonds. The van der Waals surface area contributed by atoms with Gasteiger partial charge in [-0.2, -0.15) is 5.10 Å². The van der Waals surface area contributed by atoms with Gasteiger partial charge in [-0.15, -0.1) is 0 Å². The van der Waals surface area contributed by atoms with Crippen molar-refractivity contribution in [2.75, 3.05) is 12.4 Å². The molecule has 8 heteroatoms. The van der Waals surface area contributed by atoms with Gasteiger partial charge in [0.05, 0.1) is 18.9 Å². The number of nitrogens with zero attached hydrogens (tertiary/aromatic N) is 3. The first kappa shape index (κ1) is 20.7. The summed E-state index contributed by atoms with van der Waals surface area (Å²) in [7, 11) is -3.26. The maximum Gasteiger partial charge on any atom is 0.212 e. The van der Waals surface area contributed by atoms with Crippen LogP contribution in [-0.4, -0.2) is 40.6 Å². The summed E-state index contributed by atoms with van der Waals surface area (Å²) in [5.41, 5.74) is 6.01. The van der Waals surface area contributed by atoms with Gasteiger partial charge in [0.1, 0.15) is 5.69 Å². The normalized spacial score (nSPS) is 16.0. The third-order valence-electron chi connectivity index (χ3n) is 5.37. The van der Waals surface area contributed by atoms with E-state index in [1.165, 1.54) is 0 Å². The van der Waals surface area contributed by atoms with Gasteiger partial charge in [0.25, 0.3) is 0 Å². The van der Waals surface area contributed by atoms with Gasteiger partial charge < -0.3 is 5.11 Å². The minimum Gasteiger partial charge on any atom is -0.394 e. The van der Waals surface area contributed by atoms with Gasteiger partial charge in [-0.1, -0.05) is 25.1 Å². The van der Waals surface area contributed by atoms with Crippen molar-refractivity contribution in [2.45, 2.75) is 38.8 Å². The SMILES string of the molecule is CCCS(=O)(=O)NC1CCc2cc(-c3cn(CCO)nc3-c3ccncc3)ccc21. The second-order valence-electron chi connectivity index (χ2n) is 7.56. The lowest BCUT2D eigenvalue weighted by Crippen LogP contribution is -2.29. The molecule has 1 unspecified atom stereocenters. The van der Waals surface area contributed by atoms with Gasteiger partial charge in [-0.25, -0.2) is 13.1 Å². The van der Waals surface area contributed by atoms with Crippen molar-refractivity contribution in [1.29, 1.82) is 0 Å². The Morgan fingerprint density at radius 2 is 2.00 bits per heavy atom. The average molecular weight is 427 g/mol. The summed E-state index contributed by atoms with van der Waals surface area (Å²) in [4.78, 5) is 4.08. The molecular weight excluding hydrogens is 400 g/mol. The van der Waals surface area contributed by atoms with Crippen molar-refractivity contribution in [3.63, 3.8) is 0 Å². The molecule has 1 atom stereocenters. The average Bonchev–Trinajstić information content (AvgIpc) is 3.33. The summed E-state index contributed by atoms with van der Waals surface area (Å²) in [5.74, 6) is 0.149. The van der Waals surface area contributed by atoms with Crippen LogP contribution >= 0.6 is 0 Å². The summed E-state index contributed by atoms with van der Waals surface area (Å²) in [6.45, 7) is 2.30. The molecule has 0 radical (unpaired) electrons. The molecule has 0 saturated heterocycles. The molecule has 0 bridgehead atoms. The van der Waals surface area contributed by atoms with E-state index < -0.39 is 10.0 Å². The van der Waals surface area contributed by atoms with Crippen molar-refractivity contribution in [3.05, 3.63) is 60.0 Å². The molecule has 0 saturated carbocycles. The molecule has 2 heterocycles. The standard InChI is InChI=1S/C22H26N4O3S/c1-2-13-30(28,29)25-21-6-4-17-14-18(3-5-19(17)21)20-15-26(11-12-27)24-22(20)16-7-9-23-10-8-16/h3,5,7-10,14-15,21,25,27H,2,4,6,11-13H2,1H3. The second kappa shape index (κ2) is 8.67. The maximum atomic E-state index is 12.2. The highest BCUT2D eigenvalue weighted by Crippen LogP contribution is 2.37. The number of aliphatic hydroxyl groups excluding tert-OH is 1. The number of hydrogen-bond acceptors (Lipinski definition) is 5. The zero-order valence-corrected chi connectivity index (χ0v) is 17.8. The highest BCUT2D eigenvalue weighted by Gasteiger charge is 2.27. The number of fused-ring (bicyclic) bond motifs is 1. The summed E-state index contributed by atoms with van der Waals surface area (Å²) in [5, 5.41) is 14.0. The summed E-state index contributed by atoms with van der Waals surface area (Å²) in [6, 6.07) is 9.85. The third-order valence-corrected chi connectivity index (χ3v) is 6.96. The van der Waals surface area contributed by atoms with E-state index in [9.17, 15) is 13.5 Å². The van der Waals surface area contributed by atoms with Crippen LogP contribution in [0.25, 0.3) is 22.4 Å². The van der Waals surface area contributed by atoms with Gasteiger partial charge in [-0.05, 0) is 48.1 Å². The number of hydrogen-bond donors (Lipinski definition) is 2. The molecule has 1 aromatic carbocycles. The van der Waals surface area contributed by atoms with Crippen LogP contribution in [0.5, 0.6) is 0 Å². The van der Waals surface area contributed by atoms with Crippen LogP contribution in [0.3, 0.4) is 0 Å². The lowest BCUT2D eigenvalue weighted by atomic mass is 9.98. The fourth-order valence-corrected chi connectivity index (χ4v) is 5.36. The van der Waals surface area contributed by atoms with Gasteiger partial charge in [0.2, 0.25) is 10.0 Å². The number of aromatic nitrogens is 3. The van der Waals surface area contributed by atoms with E-state index in [0.717, 1.165) is 46.4 Å². The van der Waals surface area contributed by atoms with Gasteiger partial charge in [0, 0.05) is 35.8 Å². The van der Waals surface area contributed by atoms with Gasteiger partial charge >= 0.3 is 0 Å². The molecule has 2 N–H and O–H groups in total. The molecule has 0 spiro atoms. The van der Waals surface area contributed by atoms with E-state index in [2.05, 4.69) is 20.9 Å². The topological polar surface area (TPSA) is 97.1 Å². The lowest BCUT2D eigenvalue weighted by molar-refractivity contribution is 0.269. The smallest absolute Gasteiger partial charge is 0.212 e. The fourth-order valence-electron chi connectivity index (χ4n) is 4.02. The van der Waals surface area contributed by atoms with Crippen LogP contribution in [0.15, 0.2) is 48.9 Å². The predicted octanol–water partition coefficient (Wildman–Crippen LogP) is 2.92. The quantitative estimate of drug-likeness (QED) is 0.577. The number of nitrogens with one attached hydrogen (secondary N) is 1. The third kappa shape index (κ3) is 4.30. The molecule has 1 aliphatic carbocycles. The van der Waals surface area contributed by atoms with Crippen LogP contribution in [0.2, 0.25) is 0 Å². The highest BCUT2D eigenvalue weighted by molar-refractivity contribution is 7.89. The zero-order valence-electron chi connectivity index (χ0n) is 17.0. The minimum absolute atomic E-state index is 0.0146.